The maximum Gasteiger partial charge on any atom is 0.327 e. The Kier molecular flexibility index (Phi) is 3.80. The fraction of sp³-hybridized carbons (Fsp3) is 0.273. The zero-order valence-corrected chi connectivity index (χ0v) is 12.8. The first-order chi connectivity index (χ1) is 10.2. The number of ether oxygens (including phenoxy) is 1. The molecule has 0 fully saturated rings. The van der Waals surface area contributed by atoms with E-state index in [1.54, 1.807) is 11.3 Å². The van der Waals surface area contributed by atoms with Crippen molar-refractivity contribution >= 4 is 39.3 Å². The second kappa shape index (κ2) is 5.74. The molecule has 0 bridgehead atoms. The molecule has 3 heterocycles. The number of fused-ring (bicyclic) bond motifs is 1. The molecular formula is C11H10N6O2S2. The number of aryl methyl sites for hydroxylation is 1. The van der Waals surface area contributed by atoms with Gasteiger partial charge < -0.3 is 4.74 Å². The van der Waals surface area contributed by atoms with Crippen molar-refractivity contribution in [3.05, 3.63) is 17.3 Å². The molecule has 0 saturated carbocycles. The van der Waals surface area contributed by atoms with Gasteiger partial charge in [-0.15, -0.1) is 16.4 Å². The first kappa shape index (κ1) is 13.9. The summed E-state index contributed by atoms with van der Waals surface area (Å²) in [6, 6.07) is 2.02. The second-order valence-electron chi connectivity index (χ2n) is 4.05. The fourth-order valence-corrected chi connectivity index (χ4v) is 3.41. The van der Waals surface area contributed by atoms with Crippen molar-refractivity contribution < 1.29 is 9.53 Å². The van der Waals surface area contributed by atoms with E-state index >= 15 is 0 Å². The highest BCUT2D eigenvalue weighted by Gasteiger charge is 2.15. The maximum atomic E-state index is 11.3. The van der Waals surface area contributed by atoms with E-state index < -0.39 is 5.97 Å². The van der Waals surface area contributed by atoms with Gasteiger partial charge in [0, 0.05) is 10.3 Å². The second-order valence-corrected chi connectivity index (χ2v) is 6.24. The summed E-state index contributed by atoms with van der Waals surface area (Å²) >= 11 is 2.89. The minimum absolute atomic E-state index is 0.0390. The van der Waals surface area contributed by atoms with E-state index in [4.69, 9.17) is 0 Å². The third-order valence-electron chi connectivity index (χ3n) is 2.61. The summed E-state index contributed by atoms with van der Waals surface area (Å²) in [7, 11) is 1.32. The zero-order valence-electron chi connectivity index (χ0n) is 11.2. The van der Waals surface area contributed by atoms with Gasteiger partial charge in [0.1, 0.15) is 22.7 Å². The number of nitrogens with zero attached hydrogens (tertiary/aromatic N) is 6. The molecule has 0 unspecified atom stereocenters. The van der Waals surface area contributed by atoms with Crippen molar-refractivity contribution in [3.8, 4) is 0 Å². The van der Waals surface area contributed by atoms with Crippen molar-refractivity contribution in [2.75, 3.05) is 7.11 Å². The third kappa shape index (κ3) is 2.85. The number of hydrogen-bond donors (Lipinski definition) is 0. The summed E-state index contributed by atoms with van der Waals surface area (Å²) in [5.74, 6) is -0.414. The maximum absolute atomic E-state index is 11.3. The van der Waals surface area contributed by atoms with Crippen LogP contribution in [0.3, 0.4) is 0 Å². The van der Waals surface area contributed by atoms with Crippen LogP contribution in [-0.2, 0) is 16.1 Å². The van der Waals surface area contributed by atoms with Crippen LogP contribution >= 0.6 is 23.1 Å². The summed E-state index contributed by atoms with van der Waals surface area (Å²) in [4.78, 5) is 21.9. The molecule has 8 nitrogen and oxygen atoms in total. The molecule has 0 N–H and O–H groups in total. The van der Waals surface area contributed by atoms with E-state index in [0.29, 0.717) is 5.16 Å². The first-order valence-electron chi connectivity index (χ1n) is 5.89. The monoisotopic (exact) mass is 322 g/mol. The van der Waals surface area contributed by atoms with Crippen LogP contribution in [-0.4, -0.2) is 43.3 Å². The molecule has 3 aromatic rings. The van der Waals surface area contributed by atoms with Gasteiger partial charge in [0.2, 0.25) is 5.16 Å². The van der Waals surface area contributed by atoms with Gasteiger partial charge in [0.25, 0.3) is 0 Å². The lowest BCUT2D eigenvalue weighted by Crippen LogP contribution is -2.13. The molecule has 0 amide bonds. The van der Waals surface area contributed by atoms with Crippen LogP contribution in [0, 0.1) is 6.92 Å². The Morgan fingerprint density at radius 1 is 1.48 bits per heavy atom. The van der Waals surface area contributed by atoms with Gasteiger partial charge in [-0.1, -0.05) is 0 Å². The van der Waals surface area contributed by atoms with Gasteiger partial charge >= 0.3 is 5.97 Å². The first-order valence-corrected chi connectivity index (χ1v) is 7.52. The van der Waals surface area contributed by atoms with E-state index in [2.05, 4.69) is 30.2 Å². The Labute approximate surface area is 127 Å². The van der Waals surface area contributed by atoms with Gasteiger partial charge in [-0.2, -0.15) is 0 Å². The molecule has 0 atom stereocenters. The topological polar surface area (TPSA) is 95.7 Å². The van der Waals surface area contributed by atoms with Crippen LogP contribution in [0.1, 0.15) is 4.88 Å². The normalized spacial score (nSPS) is 11.0. The molecule has 3 aromatic heterocycles. The van der Waals surface area contributed by atoms with Crippen LogP contribution in [0.4, 0.5) is 0 Å². The number of rotatable bonds is 4. The number of carbonyl (C=O) groups is 1. The van der Waals surface area contributed by atoms with E-state index in [1.807, 2.05) is 13.0 Å². The molecule has 0 aromatic carbocycles. The van der Waals surface area contributed by atoms with Crippen molar-refractivity contribution in [3.63, 3.8) is 0 Å². The molecule has 3 rings (SSSR count). The Hall–Kier alpha value is -2.07. The number of tetrazole rings is 1. The summed E-state index contributed by atoms with van der Waals surface area (Å²) in [6.07, 6.45) is 1.51. The smallest absolute Gasteiger partial charge is 0.327 e. The molecule has 0 spiro atoms. The minimum Gasteiger partial charge on any atom is -0.468 e. The molecule has 0 aliphatic rings. The predicted molar refractivity (Wildman–Crippen MR) is 76.1 cm³/mol. The molecule has 108 valence electrons. The third-order valence-corrected chi connectivity index (χ3v) is 4.56. The molecule has 0 saturated heterocycles. The minimum atomic E-state index is -0.414. The lowest BCUT2D eigenvalue weighted by molar-refractivity contribution is -0.141. The standard InChI is InChI=1S/C11H10N6O2S2/c1-6-3-7-9(20-6)12-5-13-10(7)21-11-14-15-16-17(11)4-8(18)19-2/h3,5H,4H2,1-2H3. The van der Waals surface area contributed by atoms with Crippen molar-refractivity contribution in [1.29, 1.82) is 0 Å². The molecule has 0 aliphatic carbocycles. The van der Waals surface area contributed by atoms with Gasteiger partial charge in [-0.25, -0.2) is 14.6 Å². The lowest BCUT2D eigenvalue weighted by atomic mass is 10.4. The summed E-state index contributed by atoms with van der Waals surface area (Å²) < 4.78 is 5.99. The Morgan fingerprint density at radius 3 is 3.14 bits per heavy atom. The summed E-state index contributed by atoms with van der Waals surface area (Å²) in [5.41, 5.74) is 0. The average molecular weight is 322 g/mol. The van der Waals surface area contributed by atoms with Gasteiger partial charge in [0.05, 0.1) is 7.11 Å². The Morgan fingerprint density at radius 2 is 2.33 bits per heavy atom. The Bertz CT molecular complexity index is 799. The molecule has 0 aliphatic heterocycles. The van der Waals surface area contributed by atoms with E-state index in [-0.39, 0.29) is 6.54 Å². The van der Waals surface area contributed by atoms with E-state index in [0.717, 1.165) is 20.1 Å². The molecular weight excluding hydrogens is 312 g/mol. The molecule has 10 heteroatoms. The zero-order chi connectivity index (χ0) is 14.8. The quantitative estimate of drug-likeness (QED) is 0.524. The van der Waals surface area contributed by atoms with E-state index in [1.165, 1.54) is 29.9 Å². The highest BCUT2D eigenvalue weighted by atomic mass is 32.2. The average Bonchev–Trinajstić information content (AvgIpc) is 3.05. The number of esters is 1. The number of aromatic nitrogens is 6. The number of thiophene rings is 1. The van der Waals surface area contributed by atoms with Crippen LogP contribution < -0.4 is 0 Å². The van der Waals surface area contributed by atoms with Crippen LogP contribution in [0.15, 0.2) is 22.6 Å². The van der Waals surface area contributed by atoms with Crippen molar-refractivity contribution in [2.24, 2.45) is 0 Å². The van der Waals surface area contributed by atoms with Crippen LogP contribution in [0.25, 0.3) is 10.2 Å². The highest BCUT2D eigenvalue weighted by Crippen LogP contribution is 2.33. The van der Waals surface area contributed by atoms with Crippen molar-refractivity contribution in [1.82, 2.24) is 30.2 Å². The Balaban J connectivity index is 1.92. The van der Waals surface area contributed by atoms with Gasteiger partial charge in [-0.3, -0.25) is 4.79 Å². The molecule has 0 radical (unpaired) electrons. The largest absolute Gasteiger partial charge is 0.468 e. The number of hydrogen-bond acceptors (Lipinski definition) is 9. The van der Waals surface area contributed by atoms with Crippen molar-refractivity contribution in [2.45, 2.75) is 23.7 Å². The fourth-order valence-electron chi connectivity index (χ4n) is 1.68. The van der Waals surface area contributed by atoms with Gasteiger partial charge in [-0.05, 0) is 35.2 Å². The van der Waals surface area contributed by atoms with Crippen LogP contribution in [0.2, 0.25) is 0 Å². The predicted octanol–water partition coefficient (Wildman–Crippen LogP) is 1.31. The number of methoxy groups -OCH3 is 1. The van der Waals surface area contributed by atoms with Crippen LogP contribution in [0.5, 0.6) is 0 Å². The SMILES string of the molecule is COC(=O)Cn1nnnc1Sc1ncnc2sc(C)cc12. The van der Waals surface area contributed by atoms with E-state index in [9.17, 15) is 4.79 Å². The molecule has 21 heavy (non-hydrogen) atoms. The highest BCUT2D eigenvalue weighted by molar-refractivity contribution is 7.99. The lowest BCUT2D eigenvalue weighted by Gasteiger charge is -2.03. The van der Waals surface area contributed by atoms with Gasteiger partial charge in [0.15, 0.2) is 0 Å². The number of carbonyl (C=O) groups excluding carboxylic acids is 1. The summed E-state index contributed by atoms with van der Waals surface area (Å²) in [5, 5.41) is 13.5. The summed E-state index contributed by atoms with van der Waals surface area (Å²) in [6.45, 7) is 1.98.